The van der Waals surface area contributed by atoms with Crippen LogP contribution >= 0.6 is 0 Å². The molecule has 3 nitrogen and oxygen atoms in total. The Bertz CT molecular complexity index is 255. The molecule has 84 valence electrons. The molecule has 1 N–H and O–H groups in total. The second-order valence-electron chi connectivity index (χ2n) is 4.32. The van der Waals surface area contributed by atoms with Gasteiger partial charge in [0.05, 0.1) is 5.75 Å². The monoisotopic (exact) mass is 219 g/mol. The molecule has 0 amide bonds. The fourth-order valence-electron chi connectivity index (χ4n) is 1.81. The van der Waals surface area contributed by atoms with E-state index in [0.29, 0.717) is 11.8 Å². The van der Waals surface area contributed by atoms with E-state index in [0.717, 1.165) is 18.9 Å². The molecule has 0 unspecified atom stereocenters. The van der Waals surface area contributed by atoms with Crippen molar-refractivity contribution in [1.29, 1.82) is 0 Å². The van der Waals surface area contributed by atoms with Crippen molar-refractivity contribution in [1.82, 2.24) is 5.32 Å². The minimum atomic E-state index is -2.76. The topological polar surface area (TPSA) is 46.2 Å². The van der Waals surface area contributed by atoms with Crippen LogP contribution in [0.15, 0.2) is 0 Å². The molecule has 0 aromatic heterocycles. The molecular weight excluding hydrogens is 198 g/mol. The van der Waals surface area contributed by atoms with Gasteiger partial charge >= 0.3 is 0 Å². The number of hydrogen-bond acceptors (Lipinski definition) is 3. The fourth-order valence-corrected chi connectivity index (χ4v) is 2.68. The summed E-state index contributed by atoms with van der Waals surface area (Å²) in [7, 11) is -2.76. The van der Waals surface area contributed by atoms with Gasteiger partial charge in [-0.25, -0.2) is 8.42 Å². The van der Waals surface area contributed by atoms with E-state index in [1.54, 1.807) is 6.92 Å². The Morgan fingerprint density at radius 2 is 2.00 bits per heavy atom. The SMILES string of the molecule is CCS(=O)(=O)CCCNC1CC(C)C1. The maximum atomic E-state index is 11.2. The highest BCUT2D eigenvalue weighted by Crippen LogP contribution is 2.25. The highest BCUT2D eigenvalue weighted by Gasteiger charge is 2.24. The van der Waals surface area contributed by atoms with Crippen LogP contribution in [0.5, 0.6) is 0 Å². The number of rotatable bonds is 6. The van der Waals surface area contributed by atoms with Gasteiger partial charge in [0.2, 0.25) is 0 Å². The largest absolute Gasteiger partial charge is 0.314 e. The lowest BCUT2D eigenvalue weighted by Crippen LogP contribution is -2.40. The standard InChI is InChI=1S/C10H21NO2S/c1-3-14(12,13)6-4-5-11-10-7-9(2)8-10/h9-11H,3-8H2,1-2H3. The first-order chi connectivity index (χ1) is 6.53. The summed E-state index contributed by atoms with van der Waals surface area (Å²) < 4.78 is 22.3. The number of nitrogens with one attached hydrogen (secondary N) is 1. The predicted molar refractivity (Wildman–Crippen MR) is 59.1 cm³/mol. The average Bonchev–Trinajstić information content (AvgIpc) is 2.09. The predicted octanol–water partition coefficient (Wildman–Crippen LogP) is 1.20. The van der Waals surface area contributed by atoms with Gasteiger partial charge < -0.3 is 5.32 Å². The molecule has 1 aliphatic carbocycles. The Morgan fingerprint density at radius 1 is 1.36 bits per heavy atom. The lowest BCUT2D eigenvalue weighted by atomic mass is 9.82. The second-order valence-corrected chi connectivity index (χ2v) is 6.79. The fraction of sp³-hybridized carbons (Fsp3) is 1.00. The van der Waals surface area contributed by atoms with Gasteiger partial charge in [0.25, 0.3) is 0 Å². The molecule has 1 rings (SSSR count). The van der Waals surface area contributed by atoms with E-state index >= 15 is 0 Å². The zero-order chi connectivity index (χ0) is 10.6. The van der Waals surface area contributed by atoms with E-state index in [1.165, 1.54) is 12.8 Å². The third-order valence-corrected chi connectivity index (χ3v) is 4.67. The Morgan fingerprint density at radius 3 is 2.50 bits per heavy atom. The van der Waals surface area contributed by atoms with E-state index in [4.69, 9.17) is 0 Å². The summed E-state index contributed by atoms with van der Waals surface area (Å²) in [4.78, 5) is 0. The molecule has 4 heteroatoms. The van der Waals surface area contributed by atoms with Crippen molar-refractivity contribution >= 4 is 9.84 Å². The van der Waals surface area contributed by atoms with Gasteiger partial charge in [0, 0.05) is 11.8 Å². The van der Waals surface area contributed by atoms with Crippen LogP contribution in [-0.2, 0) is 9.84 Å². The molecule has 1 saturated carbocycles. The molecule has 1 fully saturated rings. The molecular formula is C10H21NO2S. The molecule has 0 aromatic rings. The summed E-state index contributed by atoms with van der Waals surface area (Å²) >= 11 is 0. The highest BCUT2D eigenvalue weighted by atomic mass is 32.2. The Labute approximate surface area is 87.2 Å². The number of hydrogen-bond donors (Lipinski definition) is 1. The molecule has 14 heavy (non-hydrogen) atoms. The normalized spacial score (nSPS) is 27.3. The van der Waals surface area contributed by atoms with Crippen LogP contribution in [-0.4, -0.2) is 32.5 Å². The molecule has 0 radical (unpaired) electrons. The molecule has 0 spiro atoms. The minimum absolute atomic E-state index is 0.271. The summed E-state index contributed by atoms with van der Waals surface area (Å²) in [5.74, 6) is 1.46. The van der Waals surface area contributed by atoms with Crippen LogP contribution < -0.4 is 5.32 Å². The number of sulfone groups is 1. The van der Waals surface area contributed by atoms with Gasteiger partial charge in [-0.05, 0) is 31.7 Å². The van der Waals surface area contributed by atoms with Gasteiger partial charge in [-0.15, -0.1) is 0 Å². The van der Waals surface area contributed by atoms with Crippen molar-refractivity contribution in [3.8, 4) is 0 Å². The molecule has 1 aliphatic rings. The van der Waals surface area contributed by atoms with E-state index in [2.05, 4.69) is 12.2 Å². The van der Waals surface area contributed by atoms with Crippen molar-refractivity contribution in [2.45, 2.75) is 39.2 Å². The van der Waals surface area contributed by atoms with Gasteiger partial charge in [-0.2, -0.15) is 0 Å². The van der Waals surface area contributed by atoms with E-state index in [1.807, 2.05) is 0 Å². The van der Waals surface area contributed by atoms with Crippen LogP contribution in [0.2, 0.25) is 0 Å². The lowest BCUT2D eigenvalue weighted by Gasteiger charge is -2.33. The van der Waals surface area contributed by atoms with Gasteiger partial charge in [0.15, 0.2) is 0 Å². The molecule has 0 bridgehead atoms. The van der Waals surface area contributed by atoms with Gasteiger partial charge in [0.1, 0.15) is 9.84 Å². The Kier molecular flexibility index (Phi) is 4.38. The summed E-state index contributed by atoms with van der Waals surface area (Å²) in [5.41, 5.74) is 0. The van der Waals surface area contributed by atoms with Crippen molar-refractivity contribution in [3.05, 3.63) is 0 Å². The van der Waals surface area contributed by atoms with Crippen molar-refractivity contribution in [3.63, 3.8) is 0 Å². The van der Waals surface area contributed by atoms with Gasteiger partial charge in [-0.1, -0.05) is 13.8 Å². The minimum Gasteiger partial charge on any atom is -0.314 e. The van der Waals surface area contributed by atoms with Crippen molar-refractivity contribution < 1.29 is 8.42 Å². The molecule has 0 heterocycles. The summed E-state index contributed by atoms with van der Waals surface area (Å²) in [6, 6.07) is 0.648. The third kappa shape index (κ3) is 3.96. The second kappa shape index (κ2) is 5.12. The third-order valence-electron chi connectivity index (χ3n) is 2.88. The molecule has 0 aromatic carbocycles. The molecule has 0 atom stereocenters. The van der Waals surface area contributed by atoms with Crippen molar-refractivity contribution in [2.75, 3.05) is 18.1 Å². The maximum Gasteiger partial charge on any atom is 0.150 e. The van der Waals surface area contributed by atoms with E-state index in [9.17, 15) is 8.42 Å². The summed E-state index contributed by atoms with van der Waals surface area (Å²) in [6.07, 6.45) is 3.25. The van der Waals surface area contributed by atoms with E-state index in [-0.39, 0.29) is 5.75 Å². The first-order valence-electron chi connectivity index (χ1n) is 5.47. The van der Waals surface area contributed by atoms with Gasteiger partial charge in [-0.3, -0.25) is 0 Å². The highest BCUT2D eigenvalue weighted by molar-refractivity contribution is 7.91. The zero-order valence-electron chi connectivity index (χ0n) is 9.12. The Balaban J connectivity index is 2.00. The van der Waals surface area contributed by atoms with Crippen molar-refractivity contribution in [2.24, 2.45) is 5.92 Å². The molecule has 0 aliphatic heterocycles. The zero-order valence-corrected chi connectivity index (χ0v) is 9.94. The average molecular weight is 219 g/mol. The maximum absolute atomic E-state index is 11.2. The van der Waals surface area contributed by atoms with Crippen LogP contribution in [0.4, 0.5) is 0 Å². The quantitative estimate of drug-likeness (QED) is 0.683. The van der Waals surface area contributed by atoms with Crippen LogP contribution in [0.25, 0.3) is 0 Å². The Hall–Kier alpha value is -0.0900. The first kappa shape index (κ1) is 12.0. The first-order valence-corrected chi connectivity index (χ1v) is 7.29. The van der Waals surface area contributed by atoms with Crippen LogP contribution in [0.3, 0.4) is 0 Å². The summed E-state index contributed by atoms with van der Waals surface area (Å²) in [6.45, 7) is 4.80. The van der Waals surface area contributed by atoms with Crippen LogP contribution in [0.1, 0.15) is 33.1 Å². The summed E-state index contributed by atoms with van der Waals surface area (Å²) in [5, 5.41) is 3.38. The molecule has 0 saturated heterocycles. The van der Waals surface area contributed by atoms with E-state index < -0.39 is 9.84 Å². The van der Waals surface area contributed by atoms with Crippen LogP contribution in [0, 0.1) is 5.92 Å². The smallest absolute Gasteiger partial charge is 0.150 e. The lowest BCUT2D eigenvalue weighted by molar-refractivity contribution is 0.242.